The van der Waals surface area contributed by atoms with Gasteiger partial charge in [-0.15, -0.1) is 5.14 Å². The topological polar surface area (TPSA) is 49.1 Å². The van der Waals surface area contributed by atoms with E-state index in [4.69, 9.17) is 4.55 Å². The van der Waals surface area contributed by atoms with Crippen molar-refractivity contribution in [2.45, 2.75) is 0 Å². The number of nitrogens with two attached hydrogens (primary N) is 1. The summed E-state index contributed by atoms with van der Waals surface area (Å²) >= 11 is -2.61. The molecule has 0 aliphatic heterocycles. The number of hydrogen-bond acceptors (Lipinski definition) is 2. The molecule has 0 heterocycles. The van der Waals surface area contributed by atoms with Crippen molar-refractivity contribution in [1.82, 2.24) is 0 Å². The summed E-state index contributed by atoms with van der Waals surface area (Å²) in [5.74, 6) is 0. The van der Waals surface area contributed by atoms with Gasteiger partial charge >= 0.3 is 0 Å². The van der Waals surface area contributed by atoms with Crippen LogP contribution in [0.2, 0.25) is 0 Å². The van der Waals surface area contributed by atoms with E-state index in [1.807, 2.05) is 0 Å². The lowest BCUT2D eigenvalue weighted by Crippen LogP contribution is -2.01. The fraction of sp³-hybridized carbons (Fsp3) is 0. The molecule has 0 amide bonds. The predicted molar refractivity (Wildman–Crippen MR) is 13.4 cm³/mol. The molecule has 0 aliphatic carbocycles. The highest BCUT2D eigenvalue weighted by atomic mass is 32.3. The first kappa shape index (κ1) is 4.20. The van der Waals surface area contributed by atoms with E-state index in [1.165, 1.54) is 0 Å². The molecule has 2 N–H and O–H groups in total. The summed E-state index contributed by atoms with van der Waals surface area (Å²) in [6, 6.07) is 0. The standard InChI is InChI=1S/FH2NOS/c1-4(2)3/h2H2/t4-/m0/s1. The van der Waals surface area contributed by atoms with E-state index in [0.717, 1.165) is 0 Å². The van der Waals surface area contributed by atoms with Crippen molar-refractivity contribution in [3.63, 3.8) is 0 Å². The zero-order chi connectivity index (χ0) is 3.58. The molecule has 0 saturated carbocycles. The van der Waals surface area contributed by atoms with Crippen molar-refractivity contribution in [2.24, 2.45) is 5.14 Å². The number of rotatable bonds is 0. The minimum atomic E-state index is -2.61. The highest BCUT2D eigenvalue weighted by Crippen LogP contribution is 1.67. The molecule has 0 saturated heterocycles. The van der Waals surface area contributed by atoms with E-state index in [2.05, 4.69) is 5.14 Å². The van der Waals surface area contributed by atoms with Crippen LogP contribution in [0.1, 0.15) is 0 Å². The lowest BCUT2D eigenvalue weighted by molar-refractivity contribution is 0.553. The van der Waals surface area contributed by atoms with Crippen LogP contribution in [0.15, 0.2) is 0 Å². The van der Waals surface area contributed by atoms with Crippen LogP contribution in [0, 0.1) is 0 Å². The zero-order valence-corrected chi connectivity index (χ0v) is 2.59. The van der Waals surface area contributed by atoms with Gasteiger partial charge in [0.05, 0.1) is 0 Å². The van der Waals surface area contributed by atoms with E-state index in [0.29, 0.717) is 0 Å². The van der Waals surface area contributed by atoms with Crippen LogP contribution >= 0.6 is 0 Å². The Morgan fingerprint density at radius 3 is 2.00 bits per heavy atom. The molecular weight excluding hydrogens is 81.1 g/mol. The summed E-state index contributed by atoms with van der Waals surface area (Å²) in [5, 5.41) is 3.92. The van der Waals surface area contributed by atoms with Gasteiger partial charge in [0.25, 0.3) is 11.7 Å². The Morgan fingerprint density at radius 2 is 2.00 bits per heavy atom. The van der Waals surface area contributed by atoms with Gasteiger partial charge in [0.2, 0.25) is 0 Å². The first-order valence-corrected chi connectivity index (χ1v) is 1.67. The van der Waals surface area contributed by atoms with Crippen LogP contribution in [0.5, 0.6) is 0 Å². The lowest BCUT2D eigenvalue weighted by Gasteiger charge is -1.74. The van der Waals surface area contributed by atoms with Crippen molar-refractivity contribution in [3.8, 4) is 0 Å². The van der Waals surface area contributed by atoms with Gasteiger partial charge in [0.15, 0.2) is 0 Å². The van der Waals surface area contributed by atoms with Crippen molar-refractivity contribution >= 4 is 11.7 Å². The Morgan fingerprint density at radius 1 is 2.00 bits per heavy atom. The Balaban J connectivity index is 2.32. The molecule has 1 atom stereocenters. The van der Waals surface area contributed by atoms with Crippen LogP contribution in [-0.2, 0) is 11.7 Å². The SMILES string of the molecule is N[S@@+]([O-])F. The smallest absolute Gasteiger partial charge is 0.272 e. The first-order chi connectivity index (χ1) is 1.73. The van der Waals surface area contributed by atoms with Crippen molar-refractivity contribution < 1.29 is 8.44 Å². The maximum absolute atomic E-state index is 10.2. The molecule has 0 fully saturated rings. The Labute approximate surface area is 26.4 Å². The third kappa shape index (κ3) is 79.2. The Hall–Kier alpha value is 0.200. The second-order valence-electron chi connectivity index (χ2n) is 0.248. The minimum absolute atomic E-state index is 2.61. The highest BCUT2D eigenvalue weighted by Gasteiger charge is 1.79. The molecule has 0 unspecified atom stereocenters. The van der Waals surface area contributed by atoms with E-state index in [1.54, 1.807) is 0 Å². The summed E-state index contributed by atoms with van der Waals surface area (Å²) in [6.45, 7) is 0. The molecule has 0 bridgehead atoms. The molecule has 0 aliphatic rings. The molecule has 0 spiro atoms. The summed E-state index contributed by atoms with van der Waals surface area (Å²) in [5.41, 5.74) is 0. The van der Waals surface area contributed by atoms with Crippen LogP contribution in [0.25, 0.3) is 0 Å². The van der Waals surface area contributed by atoms with E-state index < -0.39 is 11.7 Å². The fourth-order valence-electron chi connectivity index (χ4n) is 0. The largest absolute Gasteiger partial charge is 0.561 e. The third-order valence-corrected chi connectivity index (χ3v) is 0. The maximum Gasteiger partial charge on any atom is 0.272 e. The molecule has 4 heavy (non-hydrogen) atoms. The van der Waals surface area contributed by atoms with Gasteiger partial charge in [-0.2, -0.15) is 0 Å². The second-order valence-corrected chi connectivity index (χ2v) is 0.745. The molecule has 0 aromatic rings. The summed E-state index contributed by atoms with van der Waals surface area (Å²) in [6.07, 6.45) is 0. The first-order valence-electron chi connectivity index (χ1n) is 0.557. The molecule has 0 aromatic heterocycles. The number of halogens is 1. The molecule has 26 valence electrons. The van der Waals surface area contributed by atoms with Gasteiger partial charge in [-0.1, -0.05) is 0 Å². The normalized spacial score (nSPS) is 15.8. The Bertz CT molecular complexity index is 12.8. The quantitative estimate of drug-likeness (QED) is 0.401. The van der Waals surface area contributed by atoms with Crippen LogP contribution in [-0.4, -0.2) is 4.55 Å². The number of hydrogen-bond donors (Lipinski definition) is 1. The minimum Gasteiger partial charge on any atom is -0.561 e. The summed E-state index contributed by atoms with van der Waals surface area (Å²) in [7, 11) is 0. The summed E-state index contributed by atoms with van der Waals surface area (Å²) in [4.78, 5) is 0. The molecule has 0 rings (SSSR count). The van der Waals surface area contributed by atoms with Crippen LogP contribution < -0.4 is 5.14 Å². The van der Waals surface area contributed by atoms with Crippen molar-refractivity contribution in [2.75, 3.05) is 0 Å². The van der Waals surface area contributed by atoms with Gasteiger partial charge in [-0.25, -0.2) is 0 Å². The molecular formula is H2FNOS. The van der Waals surface area contributed by atoms with E-state index in [9.17, 15) is 3.89 Å². The van der Waals surface area contributed by atoms with Crippen molar-refractivity contribution in [1.29, 1.82) is 0 Å². The van der Waals surface area contributed by atoms with Gasteiger partial charge in [0.1, 0.15) is 0 Å². The highest BCUT2D eigenvalue weighted by molar-refractivity contribution is 7.83. The average molecular weight is 83.1 g/mol. The third-order valence-electron chi connectivity index (χ3n) is 0. The molecule has 0 radical (unpaired) electrons. The van der Waals surface area contributed by atoms with Crippen LogP contribution in [0.4, 0.5) is 3.89 Å². The predicted octanol–water partition coefficient (Wildman–Crippen LogP) is -0.507. The average Bonchev–Trinajstić information content (AvgIpc) is 0.811. The van der Waals surface area contributed by atoms with Crippen molar-refractivity contribution in [3.05, 3.63) is 0 Å². The monoisotopic (exact) mass is 83.0 g/mol. The maximum atomic E-state index is 10.2. The van der Waals surface area contributed by atoms with Gasteiger partial charge in [0, 0.05) is 3.89 Å². The second kappa shape index (κ2) is 1.51. The van der Waals surface area contributed by atoms with Gasteiger partial charge in [-0.3, -0.25) is 0 Å². The van der Waals surface area contributed by atoms with Gasteiger partial charge < -0.3 is 4.55 Å². The van der Waals surface area contributed by atoms with Crippen LogP contribution in [0.3, 0.4) is 0 Å². The summed E-state index contributed by atoms with van der Waals surface area (Å²) < 4.78 is 18.9. The van der Waals surface area contributed by atoms with E-state index >= 15 is 0 Å². The molecule has 2 nitrogen and oxygen atoms in total. The zero-order valence-electron chi connectivity index (χ0n) is 1.77. The molecule has 4 heteroatoms. The Kier molecular flexibility index (Phi) is 1.59. The lowest BCUT2D eigenvalue weighted by atomic mass is 13.9. The fourth-order valence-corrected chi connectivity index (χ4v) is 0. The van der Waals surface area contributed by atoms with E-state index in [-0.39, 0.29) is 0 Å². The van der Waals surface area contributed by atoms with Gasteiger partial charge in [-0.05, 0) is 0 Å². The molecule has 0 aromatic carbocycles.